The van der Waals surface area contributed by atoms with Gasteiger partial charge in [-0.05, 0) is 118 Å². The number of nitrogens with two attached hydrogens (primary N) is 1. The molecule has 2 aromatic heterocycles. The van der Waals surface area contributed by atoms with Crippen molar-refractivity contribution in [1.82, 2.24) is 34.4 Å². The summed E-state index contributed by atoms with van der Waals surface area (Å²) in [5, 5.41) is 5.54. The first-order valence-corrected chi connectivity index (χ1v) is 29.8. The van der Waals surface area contributed by atoms with E-state index < -0.39 is 17.9 Å². The first-order valence-electron chi connectivity index (χ1n) is 29.4. The monoisotopic (exact) mass is 1160 g/mol. The number of nitrogen functional groups attached to an aromatic ring is 1. The number of carbonyl (C=O) groups excluding carboxylic acids is 4. The predicted molar refractivity (Wildman–Crippen MR) is 323 cm³/mol. The molecule has 84 heavy (non-hydrogen) atoms. The molecule has 4 aromatic carbocycles. The number of benzene rings is 4. The van der Waals surface area contributed by atoms with Gasteiger partial charge in [0, 0.05) is 81.0 Å². The number of fused-ring (bicyclic) bond motifs is 8. The van der Waals surface area contributed by atoms with Gasteiger partial charge in [0.25, 0.3) is 5.91 Å². The molecule has 4 amide bonds. The molecule has 0 radical (unpaired) electrons. The first kappa shape index (κ1) is 59.2. The van der Waals surface area contributed by atoms with Crippen LogP contribution in [0.5, 0.6) is 17.4 Å². The molecule has 10 rings (SSSR count). The number of hydrogen-bond donors (Lipinski definition) is 1. The van der Waals surface area contributed by atoms with Crippen molar-refractivity contribution < 1.29 is 37.8 Å². The summed E-state index contributed by atoms with van der Waals surface area (Å²) in [6, 6.07) is 26.0. The molecule has 2 fully saturated rings. The van der Waals surface area contributed by atoms with Gasteiger partial charge in [0.15, 0.2) is 0 Å². The van der Waals surface area contributed by atoms with E-state index in [-0.39, 0.29) is 48.9 Å². The number of aryl methyl sites for hydroxylation is 2. The molecule has 6 aromatic rings. The highest BCUT2D eigenvalue weighted by atomic mass is 35.5. The van der Waals surface area contributed by atoms with Crippen LogP contribution in [-0.2, 0) is 22.7 Å². The number of rotatable bonds is 20. The molecule has 3 atom stereocenters. The molecule has 2 saturated heterocycles. The Morgan fingerprint density at radius 1 is 0.810 bits per heavy atom. The topological polar surface area (TPSA) is 181 Å². The number of aliphatic imine (C=N–C) groups is 1. The van der Waals surface area contributed by atoms with Crippen molar-refractivity contribution in [1.29, 1.82) is 0 Å². The van der Waals surface area contributed by atoms with Crippen molar-refractivity contribution in [2.24, 2.45) is 4.99 Å². The summed E-state index contributed by atoms with van der Waals surface area (Å²) in [6.07, 6.45) is 9.99. The van der Waals surface area contributed by atoms with Gasteiger partial charge in [-0.1, -0.05) is 79.2 Å². The van der Waals surface area contributed by atoms with Crippen LogP contribution >= 0.6 is 11.6 Å². The summed E-state index contributed by atoms with van der Waals surface area (Å²) < 4.78 is 34.5. The van der Waals surface area contributed by atoms with Crippen LogP contribution in [0.15, 0.2) is 102 Å². The number of ether oxygens (including phenoxy) is 3. The molecule has 6 heterocycles. The summed E-state index contributed by atoms with van der Waals surface area (Å²) >= 11 is 6.42. The fourth-order valence-corrected chi connectivity index (χ4v) is 12.4. The molecule has 442 valence electrons. The number of halogens is 2. The zero-order valence-electron chi connectivity index (χ0n) is 49.0. The summed E-state index contributed by atoms with van der Waals surface area (Å²) in [5.41, 5.74) is 13.9. The van der Waals surface area contributed by atoms with Crippen LogP contribution in [0, 0.1) is 12.7 Å². The molecule has 4 aliphatic heterocycles. The minimum absolute atomic E-state index is 0.0590. The largest absolute Gasteiger partial charge is 0.497 e. The second-order valence-electron chi connectivity index (χ2n) is 22.7. The number of piperazine rings is 1. The fraction of sp³-hybridized carbons (Fsp3) is 0.431. The number of methoxy groups -OCH3 is 2. The minimum Gasteiger partial charge on any atom is -0.497 e. The Bertz CT molecular complexity index is 3410. The summed E-state index contributed by atoms with van der Waals surface area (Å²) in [7, 11) is 4.91. The SMILES string of the molecule is COc1ccc(C2=N[C@@H](c3ccc(C)cc3)[C@@H](c3ccc(Cl)cc3)N2C(=O)N2CCN(CCCCCCCCC(=O)CCCn3nc4c(c3OC)-c3cnc(N)c(c3)N3CCC[C@@H]3c3cc(F)ccc3C(=O)N(C)C4)C(=O)C2)c(OC(C)C)c1. The van der Waals surface area contributed by atoms with E-state index in [4.69, 9.17) is 41.6 Å². The number of hydrogen-bond acceptors (Lipinski definition) is 12. The molecule has 2 N–H and O–H groups in total. The van der Waals surface area contributed by atoms with Gasteiger partial charge in [0.05, 0.1) is 61.5 Å². The Labute approximate surface area is 496 Å². The number of Topliss-reactive ketones (excluding diaryl/α,β-unsaturated/α-hetero) is 1. The van der Waals surface area contributed by atoms with Crippen molar-refractivity contribution in [2.75, 3.05) is 64.6 Å². The standard InChI is InChI=1S/C65H76ClFN10O7/c1-41(2)84-56-37-49(82-5)27-29-51(56)62-70-59(43-20-18-42(3)19-21-43)60(44-22-24-46(66)25-23-44)77(62)65(81)74-34-33-73(57(79)40-74)30-12-10-8-7-9-11-15-48(78)16-13-32-76-64(83-6)58-45-35-55(61(68)69-38-45)75-31-14-17-54(75)52-36-47(67)26-28-50(52)63(80)72(4)39-53(58)71-76/h18-29,35-38,41,54,59-60H,7-17,30-34,39-40H2,1-6H3,(H2,68,69)/t54-,59+,60-/m1/s1. The third kappa shape index (κ3) is 12.9. The smallest absolute Gasteiger partial charge is 0.326 e. The maximum Gasteiger partial charge on any atom is 0.326 e. The molecule has 0 unspecified atom stereocenters. The van der Waals surface area contributed by atoms with Crippen LogP contribution < -0.4 is 24.8 Å². The maximum atomic E-state index is 15.2. The van der Waals surface area contributed by atoms with Gasteiger partial charge in [0.1, 0.15) is 47.3 Å². The Hall–Kier alpha value is -7.99. The van der Waals surface area contributed by atoms with E-state index in [1.165, 1.54) is 12.1 Å². The number of aromatic nitrogens is 3. The minimum atomic E-state index is -0.557. The lowest BCUT2D eigenvalue weighted by molar-refractivity contribution is -0.135. The average molecular weight is 1160 g/mol. The Morgan fingerprint density at radius 3 is 2.27 bits per heavy atom. The van der Waals surface area contributed by atoms with Gasteiger partial charge in [-0.15, -0.1) is 0 Å². The van der Waals surface area contributed by atoms with Crippen LogP contribution in [0.2, 0.25) is 5.02 Å². The highest BCUT2D eigenvalue weighted by Crippen LogP contribution is 2.47. The lowest BCUT2D eigenvalue weighted by Gasteiger charge is -2.38. The van der Waals surface area contributed by atoms with Gasteiger partial charge in [-0.2, -0.15) is 5.10 Å². The molecule has 19 heteroatoms. The second kappa shape index (κ2) is 26.3. The average Bonchev–Trinajstić information content (AvgIpc) is 2.47. The molecule has 0 aliphatic carbocycles. The lowest BCUT2D eigenvalue weighted by atomic mass is 9.93. The summed E-state index contributed by atoms with van der Waals surface area (Å²) in [6.45, 7) is 8.50. The second-order valence-corrected chi connectivity index (χ2v) is 23.2. The van der Waals surface area contributed by atoms with Gasteiger partial charge < -0.3 is 39.5 Å². The Kier molecular flexibility index (Phi) is 18.5. The zero-order valence-corrected chi connectivity index (χ0v) is 49.7. The summed E-state index contributed by atoms with van der Waals surface area (Å²) in [5.74, 6) is 1.87. The van der Waals surface area contributed by atoms with E-state index in [1.54, 1.807) is 52.9 Å². The van der Waals surface area contributed by atoms with E-state index in [1.807, 2.05) is 86.3 Å². The molecule has 4 aliphatic rings. The van der Waals surface area contributed by atoms with Crippen molar-refractivity contribution >= 4 is 52.6 Å². The molecule has 0 saturated carbocycles. The number of unbranched alkanes of at least 4 members (excludes halogenated alkanes) is 5. The van der Waals surface area contributed by atoms with Crippen LogP contribution in [0.1, 0.15) is 146 Å². The number of anilines is 2. The van der Waals surface area contributed by atoms with Gasteiger partial charge in [0.2, 0.25) is 11.8 Å². The van der Waals surface area contributed by atoms with E-state index in [2.05, 4.69) is 22.0 Å². The van der Waals surface area contributed by atoms with E-state index in [0.29, 0.717) is 120 Å². The quantitative estimate of drug-likeness (QED) is 0.0718. The highest BCUT2D eigenvalue weighted by Gasteiger charge is 2.46. The summed E-state index contributed by atoms with van der Waals surface area (Å²) in [4.78, 5) is 75.3. The number of ketones is 1. The van der Waals surface area contributed by atoms with Crippen LogP contribution in [-0.4, -0.2) is 124 Å². The van der Waals surface area contributed by atoms with Crippen LogP contribution in [0.3, 0.4) is 0 Å². The van der Waals surface area contributed by atoms with Crippen molar-refractivity contribution in [2.45, 2.75) is 129 Å². The normalized spacial score (nSPS) is 17.8. The van der Waals surface area contributed by atoms with Gasteiger partial charge >= 0.3 is 6.03 Å². The van der Waals surface area contributed by atoms with Crippen LogP contribution in [0.4, 0.5) is 20.7 Å². The van der Waals surface area contributed by atoms with Gasteiger partial charge in [-0.3, -0.25) is 24.3 Å². The number of carbonyl (C=O) groups is 4. The number of nitrogens with zero attached hydrogens (tertiary/aromatic N) is 9. The third-order valence-electron chi connectivity index (χ3n) is 16.5. The van der Waals surface area contributed by atoms with Crippen molar-refractivity contribution in [3.63, 3.8) is 0 Å². The number of amides is 4. The maximum absolute atomic E-state index is 15.2. The van der Waals surface area contributed by atoms with Crippen molar-refractivity contribution in [3.05, 3.63) is 147 Å². The molecule has 2 bridgehead atoms. The van der Waals surface area contributed by atoms with Crippen molar-refractivity contribution in [3.8, 4) is 28.5 Å². The lowest BCUT2D eigenvalue weighted by Crippen LogP contribution is -2.56. The molecule has 0 spiro atoms. The van der Waals surface area contributed by atoms with E-state index in [0.717, 1.165) is 73.6 Å². The predicted octanol–water partition coefficient (Wildman–Crippen LogP) is 11.9. The number of amidine groups is 1. The Morgan fingerprint density at radius 2 is 1.54 bits per heavy atom. The highest BCUT2D eigenvalue weighted by molar-refractivity contribution is 6.30. The Balaban J connectivity index is 0.712. The first-order chi connectivity index (χ1) is 40.6. The zero-order chi connectivity index (χ0) is 59.2. The molecule has 17 nitrogen and oxygen atoms in total. The number of urea groups is 1. The van der Waals surface area contributed by atoms with E-state index in [9.17, 15) is 18.8 Å². The van der Waals surface area contributed by atoms with Crippen LogP contribution in [0.25, 0.3) is 11.1 Å². The fourth-order valence-electron chi connectivity index (χ4n) is 12.2. The molecular formula is C65H76ClFN10O7. The number of pyridine rings is 1. The molecular weight excluding hydrogens is 1090 g/mol. The van der Waals surface area contributed by atoms with Gasteiger partial charge in [-0.25, -0.2) is 18.9 Å². The third-order valence-corrected chi connectivity index (χ3v) is 16.8. The van der Waals surface area contributed by atoms with E-state index >= 15 is 4.79 Å².